The molecule has 0 radical (unpaired) electrons. The Hall–Kier alpha value is -3.22. The van der Waals surface area contributed by atoms with Gasteiger partial charge in [0.25, 0.3) is 0 Å². The van der Waals surface area contributed by atoms with Crippen molar-refractivity contribution in [3.8, 4) is 11.5 Å². The summed E-state index contributed by atoms with van der Waals surface area (Å²) < 4.78 is 13.9. The Morgan fingerprint density at radius 2 is 0.750 bits per heavy atom. The standard InChI is InChI=1S/C42H62N2O4/c1-43(2,3)31-19-15-11-7-9-13-17-21-39(45)47-37-29-25-33-24-28-36-38(30-26-34-23-27-35(37)41(33)42(34)36)48-40(46)22-18-14-10-8-12-16-20-32-44(4,5)6/h23-30H,7-22,31-32H2,1-6H3/q+2. The molecule has 262 valence electrons. The first-order valence-corrected chi connectivity index (χ1v) is 18.6. The number of rotatable bonds is 22. The Morgan fingerprint density at radius 1 is 0.438 bits per heavy atom. The molecule has 0 saturated carbocycles. The van der Waals surface area contributed by atoms with Crippen LogP contribution in [0.4, 0.5) is 0 Å². The highest BCUT2D eigenvalue weighted by molar-refractivity contribution is 6.25. The molecule has 0 heterocycles. The smallest absolute Gasteiger partial charge is 0.311 e. The zero-order valence-corrected chi connectivity index (χ0v) is 30.9. The Balaban J connectivity index is 1.27. The number of esters is 2. The summed E-state index contributed by atoms with van der Waals surface area (Å²) in [5, 5.41) is 6.05. The summed E-state index contributed by atoms with van der Waals surface area (Å²) in [6, 6.07) is 16.1. The molecule has 0 bridgehead atoms. The van der Waals surface area contributed by atoms with Crippen molar-refractivity contribution in [2.24, 2.45) is 0 Å². The molecule has 48 heavy (non-hydrogen) atoms. The molecule has 4 rings (SSSR count). The SMILES string of the molecule is C[N+](C)(C)CCCCCCCCCC(=O)Oc1ccc2ccc3c(OC(=O)CCCCCCCCC[N+](C)(C)C)ccc4ccc1c2c43. The molecule has 0 N–H and O–H groups in total. The van der Waals surface area contributed by atoms with Crippen LogP contribution in [-0.2, 0) is 9.59 Å². The van der Waals surface area contributed by atoms with E-state index in [2.05, 4.69) is 54.4 Å². The Bertz CT molecular complexity index is 1480. The molecule has 0 aliphatic rings. The van der Waals surface area contributed by atoms with Gasteiger partial charge in [0.1, 0.15) is 11.5 Å². The Kier molecular flexibility index (Phi) is 14.1. The zero-order chi connectivity index (χ0) is 34.6. The van der Waals surface area contributed by atoms with Crippen molar-refractivity contribution >= 4 is 44.3 Å². The van der Waals surface area contributed by atoms with Crippen molar-refractivity contribution in [3.05, 3.63) is 48.5 Å². The van der Waals surface area contributed by atoms with Crippen molar-refractivity contribution in [2.45, 2.75) is 103 Å². The number of unbranched alkanes of at least 4 members (excludes halogenated alkanes) is 12. The van der Waals surface area contributed by atoms with Crippen LogP contribution in [-0.4, -0.2) is 76.3 Å². The molecule has 0 amide bonds. The molecular weight excluding hydrogens is 596 g/mol. The van der Waals surface area contributed by atoms with Crippen LogP contribution in [0, 0.1) is 0 Å². The van der Waals surface area contributed by atoms with Gasteiger partial charge >= 0.3 is 11.9 Å². The van der Waals surface area contributed by atoms with Gasteiger partial charge < -0.3 is 18.4 Å². The van der Waals surface area contributed by atoms with E-state index in [1.807, 2.05) is 36.4 Å². The highest BCUT2D eigenvalue weighted by atomic mass is 16.5. The van der Waals surface area contributed by atoms with Gasteiger partial charge in [0.15, 0.2) is 0 Å². The van der Waals surface area contributed by atoms with Gasteiger partial charge in [-0.1, -0.05) is 75.6 Å². The number of nitrogens with zero attached hydrogens (tertiary/aromatic N) is 2. The predicted octanol–water partition coefficient (Wildman–Crippen LogP) is 10.0. The van der Waals surface area contributed by atoms with Gasteiger partial charge in [0, 0.05) is 34.4 Å². The van der Waals surface area contributed by atoms with E-state index >= 15 is 0 Å². The third-order valence-corrected chi connectivity index (χ3v) is 9.45. The lowest BCUT2D eigenvalue weighted by Gasteiger charge is -2.23. The lowest BCUT2D eigenvalue weighted by Crippen LogP contribution is -2.35. The number of hydrogen-bond donors (Lipinski definition) is 0. The van der Waals surface area contributed by atoms with Crippen LogP contribution >= 0.6 is 0 Å². The number of carbonyl (C=O) groups excluding carboxylic acids is 2. The highest BCUT2D eigenvalue weighted by Gasteiger charge is 2.17. The zero-order valence-electron chi connectivity index (χ0n) is 30.9. The van der Waals surface area contributed by atoms with Crippen molar-refractivity contribution in [3.63, 3.8) is 0 Å². The minimum Gasteiger partial charge on any atom is -0.426 e. The van der Waals surface area contributed by atoms with Crippen LogP contribution in [0.15, 0.2) is 48.5 Å². The molecule has 4 aromatic carbocycles. The second kappa shape index (κ2) is 18.0. The van der Waals surface area contributed by atoms with Gasteiger partial charge in [-0.3, -0.25) is 9.59 Å². The van der Waals surface area contributed by atoms with E-state index in [1.165, 1.54) is 77.3 Å². The van der Waals surface area contributed by atoms with Crippen molar-refractivity contribution in [1.29, 1.82) is 0 Å². The van der Waals surface area contributed by atoms with Crippen LogP contribution < -0.4 is 9.47 Å². The van der Waals surface area contributed by atoms with Crippen molar-refractivity contribution in [1.82, 2.24) is 0 Å². The first-order chi connectivity index (χ1) is 22.9. The van der Waals surface area contributed by atoms with E-state index in [0.717, 1.165) is 67.0 Å². The van der Waals surface area contributed by atoms with E-state index in [1.54, 1.807) is 0 Å². The third kappa shape index (κ3) is 12.0. The van der Waals surface area contributed by atoms with Crippen molar-refractivity contribution < 1.29 is 28.0 Å². The molecule has 0 fully saturated rings. The fraction of sp³-hybridized carbons (Fsp3) is 0.571. The fourth-order valence-electron chi connectivity index (χ4n) is 6.75. The van der Waals surface area contributed by atoms with Gasteiger partial charge in [-0.2, -0.15) is 0 Å². The summed E-state index contributed by atoms with van der Waals surface area (Å²) in [6.07, 6.45) is 17.2. The maximum absolute atomic E-state index is 12.9. The molecule has 4 aromatic rings. The molecule has 0 spiro atoms. The maximum atomic E-state index is 12.9. The summed E-state index contributed by atoms with van der Waals surface area (Å²) in [4.78, 5) is 25.7. The number of ether oxygens (including phenoxy) is 2. The Labute approximate surface area is 289 Å². The predicted molar refractivity (Wildman–Crippen MR) is 201 cm³/mol. The quantitative estimate of drug-likeness (QED) is 0.0277. The second-order valence-electron chi connectivity index (χ2n) is 16.0. The average Bonchev–Trinajstić information content (AvgIpc) is 3.02. The monoisotopic (exact) mass is 658 g/mol. The normalized spacial score (nSPS) is 12.4. The van der Waals surface area contributed by atoms with Gasteiger partial charge in [0.2, 0.25) is 0 Å². The first-order valence-electron chi connectivity index (χ1n) is 18.6. The number of hydrogen-bond acceptors (Lipinski definition) is 4. The number of carbonyl (C=O) groups is 2. The minimum absolute atomic E-state index is 0.178. The largest absolute Gasteiger partial charge is 0.426 e. The molecule has 0 atom stereocenters. The first kappa shape index (κ1) is 37.6. The molecule has 0 aromatic heterocycles. The lowest BCUT2D eigenvalue weighted by atomic mass is 9.93. The highest BCUT2D eigenvalue weighted by Crippen LogP contribution is 2.41. The topological polar surface area (TPSA) is 52.6 Å². The van der Waals surface area contributed by atoms with Crippen LogP contribution in [0.1, 0.15) is 103 Å². The molecule has 6 nitrogen and oxygen atoms in total. The lowest BCUT2D eigenvalue weighted by molar-refractivity contribution is -0.870. The molecule has 0 unspecified atom stereocenters. The van der Waals surface area contributed by atoms with E-state index in [-0.39, 0.29) is 11.9 Å². The summed E-state index contributed by atoms with van der Waals surface area (Å²) in [5.74, 6) is 0.828. The van der Waals surface area contributed by atoms with E-state index in [0.29, 0.717) is 24.3 Å². The van der Waals surface area contributed by atoms with Gasteiger partial charge in [-0.15, -0.1) is 0 Å². The van der Waals surface area contributed by atoms with Crippen LogP contribution in [0.3, 0.4) is 0 Å². The summed E-state index contributed by atoms with van der Waals surface area (Å²) >= 11 is 0. The summed E-state index contributed by atoms with van der Waals surface area (Å²) in [6.45, 7) is 2.45. The molecule has 0 saturated heterocycles. The van der Waals surface area contributed by atoms with E-state index < -0.39 is 0 Å². The fourth-order valence-corrected chi connectivity index (χ4v) is 6.75. The molecule has 0 aliphatic carbocycles. The van der Waals surface area contributed by atoms with Crippen LogP contribution in [0.25, 0.3) is 32.3 Å². The summed E-state index contributed by atoms with van der Waals surface area (Å²) in [7, 11) is 13.5. The minimum atomic E-state index is -0.178. The average molecular weight is 659 g/mol. The second-order valence-corrected chi connectivity index (χ2v) is 16.0. The van der Waals surface area contributed by atoms with Crippen molar-refractivity contribution in [2.75, 3.05) is 55.4 Å². The van der Waals surface area contributed by atoms with Gasteiger partial charge in [0.05, 0.1) is 55.4 Å². The van der Waals surface area contributed by atoms with Crippen LogP contribution in [0.2, 0.25) is 0 Å². The van der Waals surface area contributed by atoms with E-state index in [4.69, 9.17) is 9.47 Å². The molecule has 0 aliphatic heterocycles. The summed E-state index contributed by atoms with van der Waals surface area (Å²) in [5.41, 5.74) is 0. The third-order valence-electron chi connectivity index (χ3n) is 9.45. The van der Waals surface area contributed by atoms with Gasteiger partial charge in [-0.05, 0) is 73.6 Å². The Morgan fingerprint density at radius 3 is 1.10 bits per heavy atom. The molecular formula is C42H62N2O4+2. The molecule has 6 heteroatoms. The maximum Gasteiger partial charge on any atom is 0.311 e. The van der Waals surface area contributed by atoms with Gasteiger partial charge in [-0.25, -0.2) is 0 Å². The van der Waals surface area contributed by atoms with Crippen LogP contribution in [0.5, 0.6) is 11.5 Å². The number of benzene rings is 4. The number of quaternary nitrogens is 2. The van der Waals surface area contributed by atoms with E-state index in [9.17, 15) is 9.59 Å².